The molecule has 0 aliphatic heterocycles. The van der Waals surface area contributed by atoms with E-state index in [2.05, 4.69) is 0 Å². The lowest BCUT2D eigenvalue weighted by Crippen LogP contribution is -2.36. The third-order valence-corrected chi connectivity index (χ3v) is 7.33. The Kier molecular flexibility index (Phi) is 6.23. The van der Waals surface area contributed by atoms with Gasteiger partial charge in [-0.3, -0.25) is 0 Å². The highest BCUT2D eigenvalue weighted by Gasteiger charge is 2.38. The van der Waals surface area contributed by atoms with Crippen molar-refractivity contribution in [3.63, 3.8) is 0 Å². The summed E-state index contributed by atoms with van der Waals surface area (Å²) in [5.41, 5.74) is 4.92. The van der Waals surface area contributed by atoms with E-state index >= 15 is 0 Å². The zero-order valence-electron chi connectivity index (χ0n) is 18.0. The smallest absolute Gasteiger partial charge is 0.420 e. The molecule has 2 fully saturated rings. The van der Waals surface area contributed by atoms with Crippen molar-refractivity contribution in [3.05, 3.63) is 41.5 Å². The lowest BCUT2D eigenvalue weighted by Gasteiger charge is -2.33. The van der Waals surface area contributed by atoms with Crippen LogP contribution in [-0.2, 0) is 11.7 Å². The lowest BCUT2D eigenvalue weighted by molar-refractivity contribution is -0.138. The molecule has 2 aromatic rings. The fraction of sp³-hybridized carbons (Fsp3) is 0.600. The van der Waals surface area contributed by atoms with Gasteiger partial charge in [-0.05, 0) is 72.9 Å². The number of benzene rings is 2. The van der Waals surface area contributed by atoms with Crippen LogP contribution in [0.4, 0.5) is 13.2 Å². The van der Waals surface area contributed by atoms with Crippen LogP contribution in [0.3, 0.4) is 0 Å². The van der Waals surface area contributed by atoms with E-state index in [1.54, 1.807) is 25.1 Å². The van der Waals surface area contributed by atoms with Gasteiger partial charge in [0, 0.05) is 0 Å². The first-order valence-electron chi connectivity index (χ1n) is 11.4. The molecular formula is C25H32F3NO2. The molecule has 0 unspecified atom stereocenters. The van der Waals surface area contributed by atoms with Gasteiger partial charge in [0.05, 0.1) is 18.2 Å². The molecule has 0 heterocycles. The molecule has 0 saturated heterocycles. The molecule has 3 N–H and O–H groups in total. The third kappa shape index (κ3) is 4.70. The van der Waals surface area contributed by atoms with E-state index in [1.165, 1.54) is 37.8 Å². The zero-order valence-corrected chi connectivity index (χ0v) is 18.0. The first kappa shape index (κ1) is 22.4. The van der Waals surface area contributed by atoms with E-state index < -0.39 is 17.3 Å². The molecule has 0 amide bonds. The van der Waals surface area contributed by atoms with Gasteiger partial charge in [0.2, 0.25) is 0 Å². The van der Waals surface area contributed by atoms with Crippen molar-refractivity contribution in [1.29, 1.82) is 0 Å². The Bertz CT molecular complexity index is 911. The molecule has 2 saturated carbocycles. The second kappa shape index (κ2) is 8.62. The molecule has 2 aromatic carbocycles. The number of hydrogen-bond donors (Lipinski definition) is 2. The number of fused-ring (bicyclic) bond motifs is 1. The Balaban J connectivity index is 1.58. The molecule has 0 radical (unpaired) electrons. The monoisotopic (exact) mass is 435 g/mol. The van der Waals surface area contributed by atoms with Gasteiger partial charge in [-0.15, -0.1) is 0 Å². The van der Waals surface area contributed by atoms with E-state index in [1.807, 2.05) is 0 Å². The minimum atomic E-state index is -4.53. The Morgan fingerprint density at radius 3 is 2.23 bits per heavy atom. The molecular weight excluding hydrogens is 403 g/mol. The van der Waals surface area contributed by atoms with Crippen molar-refractivity contribution in [2.45, 2.75) is 76.1 Å². The van der Waals surface area contributed by atoms with Crippen molar-refractivity contribution < 1.29 is 23.0 Å². The summed E-state index contributed by atoms with van der Waals surface area (Å²) in [4.78, 5) is 0. The molecule has 0 aromatic heterocycles. The molecule has 1 atom stereocenters. The van der Waals surface area contributed by atoms with E-state index in [9.17, 15) is 18.3 Å². The number of aliphatic hydroxyl groups excluding tert-OH is 1. The van der Waals surface area contributed by atoms with Gasteiger partial charge in [0.15, 0.2) is 0 Å². The number of halogens is 3. The number of alkyl halides is 3. The van der Waals surface area contributed by atoms with Gasteiger partial charge < -0.3 is 15.6 Å². The van der Waals surface area contributed by atoms with Crippen LogP contribution >= 0.6 is 0 Å². The van der Waals surface area contributed by atoms with Crippen LogP contribution in [0.1, 0.15) is 69.4 Å². The van der Waals surface area contributed by atoms with Crippen LogP contribution < -0.4 is 10.5 Å². The molecule has 170 valence electrons. The van der Waals surface area contributed by atoms with Crippen LogP contribution in [0.25, 0.3) is 10.8 Å². The summed E-state index contributed by atoms with van der Waals surface area (Å²) in [5, 5.41) is 10.0. The van der Waals surface area contributed by atoms with Gasteiger partial charge in [0.1, 0.15) is 11.3 Å². The van der Waals surface area contributed by atoms with Crippen molar-refractivity contribution in [1.82, 2.24) is 0 Å². The summed E-state index contributed by atoms with van der Waals surface area (Å²) >= 11 is 0. The van der Waals surface area contributed by atoms with Crippen LogP contribution in [0.2, 0.25) is 0 Å². The molecule has 31 heavy (non-hydrogen) atoms. The predicted octanol–water partition coefficient (Wildman–Crippen LogP) is 6.15. The van der Waals surface area contributed by atoms with Crippen LogP contribution in [-0.4, -0.2) is 17.8 Å². The number of ether oxygens (including phenoxy) is 1. The molecule has 4 rings (SSSR count). The Morgan fingerprint density at radius 2 is 1.61 bits per heavy atom. The largest absolute Gasteiger partial charge is 0.490 e. The van der Waals surface area contributed by atoms with Crippen LogP contribution in [0.5, 0.6) is 5.75 Å². The molecule has 6 heteroatoms. The van der Waals surface area contributed by atoms with Gasteiger partial charge in [0.25, 0.3) is 0 Å². The van der Waals surface area contributed by atoms with Crippen molar-refractivity contribution in [3.8, 4) is 5.75 Å². The third-order valence-electron chi connectivity index (χ3n) is 7.33. The number of aliphatic hydroxyl groups is 1. The fourth-order valence-electron chi connectivity index (χ4n) is 5.43. The highest BCUT2D eigenvalue weighted by molar-refractivity contribution is 5.89. The van der Waals surface area contributed by atoms with E-state index in [0.717, 1.165) is 31.6 Å². The van der Waals surface area contributed by atoms with Crippen molar-refractivity contribution >= 4 is 10.8 Å². The minimum absolute atomic E-state index is 0.0882. The Morgan fingerprint density at radius 1 is 0.968 bits per heavy atom. The van der Waals surface area contributed by atoms with E-state index in [0.29, 0.717) is 16.9 Å². The van der Waals surface area contributed by atoms with Crippen molar-refractivity contribution in [2.24, 2.45) is 17.6 Å². The summed E-state index contributed by atoms with van der Waals surface area (Å²) < 4.78 is 48.1. The highest BCUT2D eigenvalue weighted by atomic mass is 19.4. The summed E-state index contributed by atoms with van der Waals surface area (Å²) in [5.74, 6) is 1.42. The molecule has 2 aliphatic carbocycles. The number of nitrogens with two attached hydrogens (primary N) is 1. The van der Waals surface area contributed by atoms with Gasteiger partial charge >= 0.3 is 6.18 Å². The standard InChI is InChI=1S/C25H32F3NO2/c1-24(29,15-30)19-9-12-21-18(14-19)8-13-22(23(21)25(26,27)28)31-20-10-6-17(7-11-20)16-4-2-3-5-16/h8-9,12-14,16-17,20,30H,2-7,10-11,15,29H2,1H3/t17?,20?,24-/m0/s1. The van der Waals surface area contributed by atoms with Crippen molar-refractivity contribution in [2.75, 3.05) is 6.61 Å². The lowest BCUT2D eigenvalue weighted by atomic mass is 9.78. The summed E-state index contributed by atoms with van der Waals surface area (Å²) in [6, 6.07) is 7.71. The van der Waals surface area contributed by atoms with E-state index in [4.69, 9.17) is 10.5 Å². The maximum absolute atomic E-state index is 14.1. The number of rotatable bonds is 5. The highest BCUT2D eigenvalue weighted by Crippen LogP contribution is 2.44. The Labute approximate surface area is 181 Å². The first-order valence-corrected chi connectivity index (χ1v) is 11.4. The van der Waals surface area contributed by atoms with Crippen LogP contribution in [0, 0.1) is 11.8 Å². The molecule has 3 nitrogen and oxygen atoms in total. The minimum Gasteiger partial charge on any atom is -0.490 e. The Hall–Kier alpha value is -1.79. The maximum atomic E-state index is 14.1. The molecule has 0 bridgehead atoms. The molecule has 2 aliphatic rings. The second-order valence-corrected chi connectivity index (χ2v) is 9.65. The average Bonchev–Trinajstić information content (AvgIpc) is 3.27. The zero-order chi connectivity index (χ0) is 22.2. The van der Waals surface area contributed by atoms with Gasteiger partial charge in [-0.1, -0.05) is 43.9 Å². The predicted molar refractivity (Wildman–Crippen MR) is 116 cm³/mol. The average molecular weight is 436 g/mol. The SMILES string of the molecule is C[C@](N)(CO)c1ccc2c(C(F)(F)F)c(OC3CCC(C4CCCC4)CC3)ccc2c1. The summed E-state index contributed by atoms with van der Waals surface area (Å²) in [6.45, 7) is 1.35. The molecule has 0 spiro atoms. The summed E-state index contributed by atoms with van der Waals surface area (Å²) in [6.07, 6.45) is 4.27. The first-order chi connectivity index (χ1) is 14.7. The second-order valence-electron chi connectivity index (χ2n) is 9.65. The quantitative estimate of drug-likeness (QED) is 0.592. The maximum Gasteiger partial charge on any atom is 0.420 e. The van der Waals surface area contributed by atoms with Gasteiger partial charge in [-0.25, -0.2) is 0 Å². The van der Waals surface area contributed by atoms with Gasteiger partial charge in [-0.2, -0.15) is 13.2 Å². The summed E-state index contributed by atoms with van der Waals surface area (Å²) in [7, 11) is 0. The topological polar surface area (TPSA) is 55.5 Å². The fourth-order valence-corrected chi connectivity index (χ4v) is 5.43. The van der Waals surface area contributed by atoms with Crippen LogP contribution in [0.15, 0.2) is 30.3 Å². The number of hydrogen-bond acceptors (Lipinski definition) is 3. The van der Waals surface area contributed by atoms with E-state index in [-0.39, 0.29) is 23.8 Å². The normalized spacial score (nSPS) is 25.0.